The summed E-state index contributed by atoms with van der Waals surface area (Å²) in [6, 6.07) is -0.653. The highest BCUT2D eigenvalue weighted by Crippen LogP contribution is 2.17. The van der Waals surface area contributed by atoms with Crippen molar-refractivity contribution >= 4 is 5.91 Å². The van der Waals surface area contributed by atoms with E-state index >= 15 is 0 Å². The fraction of sp³-hybridized carbons (Fsp3) is 0.940. The van der Waals surface area contributed by atoms with Gasteiger partial charge >= 0.3 is 0 Å². The topological polar surface area (TPSA) is 89.8 Å². The van der Waals surface area contributed by atoms with Crippen molar-refractivity contribution in [1.29, 1.82) is 0 Å². The monoisotopic (exact) mass is 778 g/mol. The molecular weight excluding hydrogens is 679 g/mol. The van der Waals surface area contributed by atoms with Gasteiger partial charge in [-0.25, -0.2) is 0 Å². The minimum Gasteiger partial charge on any atom is -0.394 e. The molecule has 4 N–H and O–H groups in total. The van der Waals surface area contributed by atoms with Crippen molar-refractivity contribution < 1.29 is 20.1 Å². The molecule has 0 aliphatic rings. The van der Waals surface area contributed by atoms with Gasteiger partial charge in [0.25, 0.3) is 0 Å². The highest BCUT2D eigenvalue weighted by Gasteiger charge is 2.21. The largest absolute Gasteiger partial charge is 0.394 e. The molecule has 0 fully saturated rings. The average Bonchev–Trinajstić information content (AvgIpc) is 3.18. The fourth-order valence-corrected chi connectivity index (χ4v) is 7.99. The lowest BCUT2D eigenvalue weighted by atomic mass is 10.0. The third-order valence-corrected chi connectivity index (χ3v) is 11.8. The van der Waals surface area contributed by atoms with Gasteiger partial charge in [0.15, 0.2) is 0 Å². The number of aliphatic hydroxyl groups is 3. The van der Waals surface area contributed by atoms with Crippen LogP contribution >= 0.6 is 0 Å². The Hall–Kier alpha value is -0.910. The molecule has 0 radical (unpaired) electrons. The molecule has 3 atom stereocenters. The van der Waals surface area contributed by atoms with Crippen molar-refractivity contribution in [2.45, 2.75) is 295 Å². The number of nitrogens with one attached hydrogen (secondary N) is 1. The molecule has 0 bridgehead atoms. The molecule has 0 aliphatic heterocycles. The van der Waals surface area contributed by atoms with Gasteiger partial charge in [-0.3, -0.25) is 4.79 Å². The van der Waals surface area contributed by atoms with Crippen LogP contribution in [0.15, 0.2) is 12.2 Å². The normalized spacial score (nSPS) is 13.5. The van der Waals surface area contributed by atoms with Gasteiger partial charge in [-0.1, -0.05) is 244 Å². The second-order valence-electron chi connectivity index (χ2n) is 17.4. The third-order valence-electron chi connectivity index (χ3n) is 11.8. The minimum absolute atomic E-state index is 0.0401. The first-order valence-electron chi connectivity index (χ1n) is 25.0. The van der Waals surface area contributed by atoms with Crippen LogP contribution in [-0.2, 0) is 4.79 Å². The molecule has 55 heavy (non-hydrogen) atoms. The molecule has 0 aromatic rings. The summed E-state index contributed by atoms with van der Waals surface area (Å²) in [6.45, 7) is 4.25. The summed E-state index contributed by atoms with van der Waals surface area (Å²) >= 11 is 0. The molecule has 0 aromatic carbocycles. The van der Waals surface area contributed by atoms with Crippen LogP contribution in [0.25, 0.3) is 0 Å². The molecule has 3 unspecified atom stereocenters. The van der Waals surface area contributed by atoms with Gasteiger partial charge in [0.1, 0.15) is 0 Å². The van der Waals surface area contributed by atoms with E-state index in [1.165, 1.54) is 218 Å². The van der Waals surface area contributed by atoms with Crippen LogP contribution in [0.1, 0.15) is 277 Å². The second kappa shape index (κ2) is 45.8. The first-order valence-corrected chi connectivity index (χ1v) is 25.0. The summed E-state index contributed by atoms with van der Waals surface area (Å²) in [5.41, 5.74) is 0. The summed E-state index contributed by atoms with van der Waals surface area (Å²) in [4.78, 5) is 12.4. The van der Waals surface area contributed by atoms with Crippen LogP contribution in [0, 0.1) is 0 Å². The van der Waals surface area contributed by atoms with Gasteiger partial charge in [0, 0.05) is 0 Å². The Bertz CT molecular complexity index is 773. The Morgan fingerprint density at radius 3 is 1.05 bits per heavy atom. The highest BCUT2D eigenvalue weighted by atomic mass is 16.3. The Labute approximate surface area is 344 Å². The number of aliphatic hydroxyl groups excluding tert-OH is 3. The fourth-order valence-electron chi connectivity index (χ4n) is 7.99. The van der Waals surface area contributed by atoms with Gasteiger partial charge in [-0.05, 0) is 38.5 Å². The maximum atomic E-state index is 12.4. The summed E-state index contributed by atoms with van der Waals surface area (Å²) in [6.07, 6.45) is 55.1. The Kier molecular flexibility index (Phi) is 45.0. The number of hydrogen-bond donors (Lipinski definition) is 4. The SMILES string of the molecule is CCCCCCCCCCCCCC/C=C\CCCCCCCCCCCCCCCCCC(O)CC(=O)NC(CO)C(O)CCCCCCCCCCC. The van der Waals surface area contributed by atoms with Crippen LogP contribution in [0.5, 0.6) is 0 Å². The van der Waals surface area contributed by atoms with Gasteiger partial charge < -0.3 is 20.6 Å². The summed E-state index contributed by atoms with van der Waals surface area (Å²) < 4.78 is 0. The van der Waals surface area contributed by atoms with Crippen molar-refractivity contribution in [3.8, 4) is 0 Å². The Morgan fingerprint density at radius 1 is 0.436 bits per heavy atom. The van der Waals surface area contributed by atoms with E-state index in [2.05, 4.69) is 31.3 Å². The van der Waals surface area contributed by atoms with Gasteiger partial charge in [0.05, 0.1) is 31.3 Å². The molecular formula is C50H99NO4. The van der Waals surface area contributed by atoms with Gasteiger partial charge in [-0.2, -0.15) is 0 Å². The molecule has 0 aliphatic carbocycles. The van der Waals surface area contributed by atoms with Crippen molar-refractivity contribution in [1.82, 2.24) is 5.32 Å². The molecule has 0 heterocycles. The summed E-state index contributed by atoms with van der Waals surface area (Å²) in [5.74, 6) is -0.281. The minimum atomic E-state index is -0.744. The van der Waals surface area contributed by atoms with Gasteiger partial charge in [-0.15, -0.1) is 0 Å². The Balaban J connectivity index is 3.44. The standard InChI is InChI=1S/C50H99NO4/c1-3-5-7-9-11-13-14-15-16-17-18-19-20-21-22-23-24-25-26-27-28-29-30-31-32-33-34-36-37-39-41-43-47(53)45-50(55)51-48(46-52)49(54)44-42-40-38-35-12-10-8-6-4-2/h21-22,47-49,52-54H,3-20,23-46H2,1-2H3,(H,51,55)/b22-21-. The van der Waals surface area contributed by atoms with E-state index in [-0.39, 0.29) is 18.9 Å². The molecule has 0 saturated carbocycles. The number of amides is 1. The number of unbranched alkanes of at least 4 members (excludes halogenated alkanes) is 35. The van der Waals surface area contributed by atoms with E-state index in [1.807, 2.05) is 0 Å². The van der Waals surface area contributed by atoms with Crippen LogP contribution in [0.4, 0.5) is 0 Å². The lowest BCUT2D eigenvalue weighted by Crippen LogP contribution is -2.46. The number of hydrogen-bond acceptors (Lipinski definition) is 4. The highest BCUT2D eigenvalue weighted by molar-refractivity contribution is 5.76. The van der Waals surface area contributed by atoms with Crippen LogP contribution in [0.3, 0.4) is 0 Å². The third kappa shape index (κ3) is 42.5. The Morgan fingerprint density at radius 2 is 0.727 bits per heavy atom. The van der Waals surface area contributed by atoms with E-state index in [9.17, 15) is 20.1 Å². The van der Waals surface area contributed by atoms with Crippen LogP contribution in [0.2, 0.25) is 0 Å². The first-order chi connectivity index (χ1) is 27.0. The zero-order valence-electron chi connectivity index (χ0n) is 37.3. The van der Waals surface area contributed by atoms with E-state index in [0.29, 0.717) is 12.8 Å². The molecule has 1 amide bonds. The lowest BCUT2D eigenvalue weighted by Gasteiger charge is -2.23. The summed E-state index contributed by atoms with van der Waals surface area (Å²) in [7, 11) is 0. The molecule has 5 heteroatoms. The molecule has 0 saturated heterocycles. The van der Waals surface area contributed by atoms with Crippen molar-refractivity contribution in [2.75, 3.05) is 6.61 Å². The number of allylic oxidation sites excluding steroid dienone is 2. The van der Waals surface area contributed by atoms with Crippen LogP contribution < -0.4 is 5.32 Å². The molecule has 0 rings (SSSR count). The van der Waals surface area contributed by atoms with Crippen molar-refractivity contribution in [3.05, 3.63) is 12.2 Å². The molecule has 0 spiro atoms. The van der Waals surface area contributed by atoms with E-state index in [4.69, 9.17) is 0 Å². The zero-order valence-corrected chi connectivity index (χ0v) is 37.3. The first kappa shape index (κ1) is 54.1. The molecule has 0 aromatic heterocycles. The number of rotatable bonds is 46. The van der Waals surface area contributed by atoms with Crippen molar-refractivity contribution in [3.63, 3.8) is 0 Å². The molecule has 5 nitrogen and oxygen atoms in total. The van der Waals surface area contributed by atoms with Crippen molar-refractivity contribution in [2.24, 2.45) is 0 Å². The lowest BCUT2D eigenvalue weighted by molar-refractivity contribution is -0.125. The smallest absolute Gasteiger partial charge is 0.222 e. The van der Waals surface area contributed by atoms with E-state index < -0.39 is 18.2 Å². The molecule has 328 valence electrons. The van der Waals surface area contributed by atoms with Gasteiger partial charge in [0.2, 0.25) is 5.91 Å². The quantitative estimate of drug-likeness (QED) is 0.0366. The van der Waals surface area contributed by atoms with E-state index in [1.54, 1.807) is 0 Å². The second-order valence-corrected chi connectivity index (χ2v) is 17.4. The number of carbonyl (C=O) groups excluding carboxylic acids is 1. The predicted molar refractivity (Wildman–Crippen MR) is 241 cm³/mol. The number of carbonyl (C=O) groups is 1. The average molecular weight is 778 g/mol. The zero-order chi connectivity index (χ0) is 40.1. The maximum absolute atomic E-state index is 12.4. The maximum Gasteiger partial charge on any atom is 0.222 e. The predicted octanol–water partition coefficient (Wildman–Crippen LogP) is 14.8. The van der Waals surface area contributed by atoms with E-state index in [0.717, 1.165) is 25.7 Å². The van der Waals surface area contributed by atoms with Crippen LogP contribution in [-0.4, -0.2) is 46.1 Å². The summed E-state index contributed by atoms with van der Waals surface area (Å²) in [5, 5.41) is 33.3.